The van der Waals surface area contributed by atoms with Crippen LogP contribution in [-0.2, 0) is 4.79 Å². The van der Waals surface area contributed by atoms with E-state index < -0.39 is 0 Å². The zero-order valence-corrected chi connectivity index (χ0v) is 13.6. The van der Waals surface area contributed by atoms with Crippen LogP contribution in [0.15, 0.2) is 29.2 Å². The summed E-state index contributed by atoms with van der Waals surface area (Å²) in [4.78, 5) is 13.4. The third-order valence-corrected chi connectivity index (χ3v) is 6.86. The van der Waals surface area contributed by atoms with Crippen LogP contribution in [0.3, 0.4) is 0 Å². The molecule has 3 saturated carbocycles. The van der Waals surface area contributed by atoms with Gasteiger partial charge >= 0.3 is 0 Å². The van der Waals surface area contributed by atoms with Crippen LogP contribution in [0.25, 0.3) is 0 Å². The molecule has 112 valence electrons. The average molecular weight is 322 g/mol. The Bertz CT molecular complexity index is 544. The summed E-state index contributed by atoms with van der Waals surface area (Å²) in [5.41, 5.74) is 0.120. The molecule has 1 N–H and O–H groups in total. The minimum Gasteiger partial charge on any atom is -0.353 e. The molecule has 3 fully saturated rings. The molecule has 0 aromatic heterocycles. The van der Waals surface area contributed by atoms with Gasteiger partial charge in [0.2, 0.25) is 5.91 Å². The Morgan fingerprint density at radius 2 is 1.76 bits per heavy atom. The van der Waals surface area contributed by atoms with Crippen molar-refractivity contribution < 1.29 is 4.79 Å². The van der Waals surface area contributed by atoms with E-state index in [1.165, 1.54) is 17.7 Å². The highest BCUT2D eigenvalue weighted by molar-refractivity contribution is 8.00. The van der Waals surface area contributed by atoms with Gasteiger partial charge < -0.3 is 5.32 Å². The second-order valence-electron chi connectivity index (χ2n) is 6.78. The predicted octanol–water partition coefficient (Wildman–Crippen LogP) is 4.27. The number of rotatable bonds is 4. The van der Waals surface area contributed by atoms with E-state index in [4.69, 9.17) is 11.6 Å². The van der Waals surface area contributed by atoms with Crippen molar-refractivity contribution in [2.24, 2.45) is 11.3 Å². The highest BCUT2D eigenvalue weighted by atomic mass is 35.5. The zero-order valence-electron chi connectivity index (χ0n) is 12.0. The highest BCUT2D eigenvalue weighted by Gasteiger charge is 2.74. The molecule has 0 bridgehead atoms. The number of thioether (sulfide) groups is 1. The van der Waals surface area contributed by atoms with Gasteiger partial charge in [-0.15, -0.1) is 11.8 Å². The first-order chi connectivity index (χ1) is 10.2. The Labute approximate surface area is 135 Å². The monoisotopic (exact) mass is 321 g/mol. The third-order valence-electron chi connectivity index (χ3n) is 5.26. The first-order valence-electron chi connectivity index (χ1n) is 7.89. The number of amides is 1. The Kier molecular flexibility index (Phi) is 3.46. The van der Waals surface area contributed by atoms with Crippen molar-refractivity contribution in [3.05, 3.63) is 29.3 Å². The predicted molar refractivity (Wildman–Crippen MR) is 86.7 cm³/mol. The fraction of sp³-hybridized carbons (Fsp3) is 0.588. The molecule has 4 rings (SSSR count). The lowest BCUT2D eigenvalue weighted by molar-refractivity contribution is -0.125. The average Bonchev–Trinajstić information content (AvgIpc) is 3.33. The molecule has 21 heavy (non-hydrogen) atoms. The largest absolute Gasteiger partial charge is 0.353 e. The SMILES string of the molecule is O=C(NC1CCC(Sc2ccc(Cl)cc2)CC1)C12CC1C2. The van der Waals surface area contributed by atoms with Crippen molar-refractivity contribution in [1.82, 2.24) is 5.32 Å². The number of fused-ring (bicyclic) bond motifs is 1. The Hall–Kier alpha value is -0.670. The maximum Gasteiger partial charge on any atom is 0.226 e. The van der Waals surface area contributed by atoms with Gasteiger partial charge in [0.05, 0.1) is 5.41 Å². The summed E-state index contributed by atoms with van der Waals surface area (Å²) in [6, 6.07) is 8.52. The summed E-state index contributed by atoms with van der Waals surface area (Å²) in [7, 11) is 0. The summed E-state index contributed by atoms with van der Waals surface area (Å²) >= 11 is 7.87. The zero-order chi connectivity index (χ0) is 14.4. The molecular formula is C17H20ClNOS. The van der Waals surface area contributed by atoms with Gasteiger partial charge in [-0.05, 0) is 68.7 Å². The lowest BCUT2D eigenvalue weighted by atomic mass is 9.94. The summed E-state index contributed by atoms with van der Waals surface area (Å²) in [6.45, 7) is 0. The van der Waals surface area contributed by atoms with Crippen LogP contribution in [-0.4, -0.2) is 17.2 Å². The van der Waals surface area contributed by atoms with Crippen LogP contribution < -0.4 is 5.32 Å². The topological polar surface area (TPSA) is 29.1 Å². The molecule has 0 radical (unpaired) electrons. The number of benzene rings is 1. The molecule has 0 heterocycles. The number of carbonyl (C=O) groups is 1. The molecular weight excluding hydrogens is 302 g/mol. The second kappa shape index (κ2) is 5.20. The molecule has 0 aliphatic heterocycles. The van der Waals surface area contributed by atoms with Crippen LogP contribution in [0.1, 0.15) is 38.5 Å². The summed E-state index contributed by atoms with van der Waals surface area (Å²) in [5.74, 6) is 1.09. The Morgan fingerprint density at radius 1 is 1.14 bits per heavy atom. The van der Waals surface area contributed by atoms with Crippen molar-refractivity contribution in [3.63, 3.8) is 0 Å². The number of hydrogen-bond acceptors (Lipinski definition) is 2. The van der Waals surface area contributed by atoms with Crippen molar-refractivity contribution in [2.45, 2.75) is 54.7 Å². The van der Waals surface area contributed by atoms with Gasteiger partial charge in [-0.2, -0.15) is 0 Å². The van der Waals surface area contributed by atoms with E-state index >= 15 is 0 Å². The minimum absolute atomic E-state index is 0.120. The van der Waals surface area contributed by atoms with Crippen LogP contribution in [0.2, 0.25) is 5.02 Å². The standard InChI is InChI=1S/C17H20ClNOS/c18-12-1-5-14(6-2-12)21-15-7-3-13(4-8-15)19-16(20)17-9-11(17)10-17/h1-2,5-6,11,13,15H,3-4,7-10H2,(H,19,20). The van der Waals surface area contributed by atoms with Gasteiger partial charge in [0, 0.05) is 21.2 Å². The quantitative estimate of drug-likeness (QED) is 0.897. The minimum atomic E-state index is 0.120. The normalized spacial score (nSPS) is 36.7. The lowest BCUT2D eigenvalue weighted by Crippen LogP contribution is -2.40. The Morgan fingerprint density at radius 3 is 2.33 bits per heavy atom. The van der Waals surface area contributed by atoms with Crippen LogP contribution in [0, 0.1) is 11.3 Å². The van der Waals surface area contributed by atoms with E-state index in [-0.39, 0.29) is 5.41 Å². The number of nitrogens with one attached hydrogen (secondary N) is 1. The van der Waals surface area contributed by atoms with Crippen LogP contribution >= 0.6 is 23.4 Å². The van der Waals surface area contributed by atoms with E-state index in [0.29, 0.717) is 17.2 Å². The van der Waals surface area contributed by atoms with Crippen molar-refractivity contribution >= 4 is 29.3 Å². The van der Waals surface area contributed by atoms with Gasteiger partial charge in [-0.3, -0.25) is 4.79 Å². The molecule has 0 unspecified atom stereocenters. The molecule has 2 nitrogen and oxygen atoms in total. The van der Waals surface area contributed by atoms with Crippen LogP contribution in [0.4, 0.5) is 0 Å². The molecule has 1 aromatic rings. The van der Waals surface area contributed by atoms with Crippen molar-refractivity contribution in [2.75, 3.05) is 0 Å². The fourth-order valence-corrected chi connectivity index (χ4v) is 4.74. The maximum absolute atomic E-state index is 12.1. The smallest absolute Gasteiger partial charge is 0.226 e. The Balaban J connectivity index is 1.24. The number of hydrogen-bond donors (Lipinski definition) is 1. The first kappa shape index (κ1) is 14.0. The van der Waals surface area contributed by atoms with E-state index in [9.17, 15) is 4.79 Å². The molecule has 1 aromatic carbocycles. The van der Waals surface area contributed by atoms with Crippen molar-refractivity contribution in [1.29, 1.82) is 0 Å². The third kappa shape index (κ3) is 2.83. The van der Waals surface area contributed by atoms with E-state index in [2.05, 4.69) is 17.4 Å². The first-order valence-corrected chi connectivity index (χ1v) is 9.15. The number of carbonyl (C=O) groups excluding carboxylic acids is 1. The van der Waals surface area contributed by atoms with Crippen molar-refractivity contribution in [3.8, 4) is 0 Å². The van der Waals surface area contributed by atoms with Gasteiger partial charge in [0.25, 0.3) is 0 Å². The van der Waals surface area contributed by atoms with E-state index in [1.54, 1.807) is 0 Å². The molecule has 0 saturated heterocycles. The van der Waals surface area contributed by atoms with Crippen LogP contribution in [0.5, 0.6) is 0 Å². The van der Waals surface area contributed by atoms with Gasteiger partial charge in [0.1, 0.15) is 0 Å². The fourth-order valence-electron chi connectivity index (χ4n) is 3.43. The molecule has 0 atom stereocenters. The molecule has 3 aliphatic rings. The summed E-state index contributed by atoms with van der Waals surface area (Å²) in [5, 5.41) is 4.76. The molecule has 0 spiro atoms. The van der Waals surface area contributed by atoms with Gasteiger partial charge in [-0.1, -0.05) is 11.6 Å². The van der Waals surface area contributed by atoms with E-state index in [1.807, 2.05) is 23.9 Å². The molecule has 3 aliphatic carbocycles. The maximum atomic E-state index is 12.1. The summed E-state index contributed by atoms with van der Waals surface area (Å²) < 4.78 is 0. The summed E-state index contributed by atoms with van der Waals surface area (Å²) in [6.07, 6.45) is 6.93. The lowest BCUT2D eigenvalue weighted by Gasteiger charge is -2.29. The van der Waals surface area contributed by atoms with Gasteiger partial charge in [-0.25, -0.2) is 0 Å². The molecule has 4 heteroatoms. The van der Waals surface area contributed by atoms with E-state index in [0.717, 1.165) is 36.6 Å². The molecule has 1 amide bonds. The van der Waals surface area contributed by atoms with Gasteiger partial charge in [0.15, 0.2) is 0 Å². The second-order valence-corrected chi connectivity index (χ2v) is 8.59. The number of halogens is 1. The highest BCUT2D eigenvalue weighted by Crippen LogP contribution is 2.75.